The fourth-order valence-corrected chi connectivity index (χ4v) is 3.46. The second-order valence-electron chi connectivity index (χ2n) is 6.39. The number of benzene rings is 2. The van der Waals surface area contributed by atoms with Crippen molar-refractivity contribution in [3.63, 3.8) is 0 Å². The molecule has 9 heteroatoms. The van der Waals surface area contributed by atoms with Crippen LogP contribution in [-0.4, -0.2) is 58.5 Å². The number of carbonyl (C=O) groups excluding carboxylic acids is 1. The van der Waals surface area contributed by atoms with Crippen molar-refractivity contribution in [2.24, 2.45) is 7.05 Å². The summed E-state index contributed by atoms with van der Waals surface area (Å²) in [7, 11) is 4.84. The first-order valence-electron chi connectivity index (χ1n) is 9.17. The normalized spacial score (nSPS) is 11.7. The van der Waals surface area contributed by atoms with Crippen LogP contribution in [-0.2, 0) is 11.8 Å². The zero-order chi connectivity index (χ0) is 21.5. The van der Waals surface area contributed by atoms with E-state index >= 15 is 0 Å². The fraction of sp³-hybridized carbons (Fsp3) is 0.286. The van der Waals surface area contributed by atoms with E-state index in [2.05, 4.69) is 14.9 Å². The number of aromatic nitrogens is 3. The number of aliphatic hydroxyl groups is 1. The molecule has 0 spiro atoms. The summed E-state index contributed by atoms with van der Waals surface area (Å²) in [6, 6.07) is 14.1. The smallest absolute Gasteiger partial charge is 0.337 e. The molecule has 0 bridgehead atoms. The van der Waals surface area contributed by atoms with Crippen LogP contribution >= 0.6 is 11.8 Å². The Kier molecular flexibility index (Phi) is 7.31. The molecule has 3 rings (SSSR count). The van der Waals surface area contributed by atoms with Crippen LogP contribution in [0.4, 0.5) is 0 Å². The minimum Gasteiger partial charge on any atom is -0.497 e. The molecule has 1 heterocycles. The van der Waals surface area contributed by atoms with Crippen molar-refractivity contribution in [1.29, 1.82) is 0 Å². The number of thioether (sulfide) groups is 1. The van der Waals surface area contributed by atoms with Gasteiger partial charge in [0.05, 0.1) is 25.9 Å². The Balaban J connectivity index is 1.51. The van der Waals surface area contributed by atoms with Crippen LogP contribution in [0.5, 0.6) is 11.5 Å². The highest BCUT2D eigenvalue weighted by molar-refractivity contribution is 7.99. The van der Waals surface area contributed by atoms with Crippen molar-refractivity contribution >= 4 is 17.7 Å². The number of hydrogen-bond acceptors (Lipinski definition) is 8. The first-order valence-corrected chi connectivity index (χ1v) is 10.2. The number of carbonyl (C=O) groups is 1. The largest absolute Gasteiger partial charge is 0.497 e. The van der Waals surface area contributed by atoms with Crippen molar-refractivity contribution in [3.8, 4) is 22.9 Å². The highest BCUT2D eigenvalue weighted by Gasteiger charge is 2.14. The summed E-state index contributed by atoms with van der Waals surface area (Å²) in [6.07, 6.45) is -0.698. The summed E-state index contributed by atoms with van der Waals surface area (Å²) in [6.45, 7) is 0.119. The monoisotopic (exact) mass is 429 g/mol. The minimum absolute atomic E-state index is 0.119. The van der Waals surface area contributed by atoms with Gasteiger partial charge in [-0.3, -0.25) is 0 Å². The maximum atomic E-state index is 11.4. The number of esters is 1. The molecule has 0 radical (unpaired) electrons. The fourth-order valence-electron chi connectivity index (χ4n) is 2.65. The average Bonchev–Trinajstić information content (AvgIpc) is 3.16. The van der Waals surface area contributed by atoms with E-state index in [0.29, 0.717) is 22.2 Å². The van der Waals surface area contributed by atoms with E-state index in [0.717, 1.165) is 17.1 Å². The van der Waals surface area contributed by atoms with Gasteiger partial charge in [-0.15, -0.1) is 10.2 Å². The van der Waals surface area contributed by atoms with Gasteiger partial charge in [-0.25, -0.2) is 4.79 Å². The zero-order valence-corrected chi connectivity index (χ0v) is 17.8. The Morgan fingerprint density at radius 3 is 2.37 bits per heavy atom. The third-order valence-corrected chi connectivity index (χ3v) is 5.47. The van der Waals surface area contributed by atoms with Crippen LogP contribution in [0.15, 0.2) is 53.7 Å². The molecule has 3 aromatic rings. The molecule has 0 aliphatic rings. The number of nitrogens with zero attached hydrogens (tertiary/aromatic N) is 3. The van der Waals surface area contributed by atoms with E-state index in [1.165, 1.54) is 18.9 Å². The second kappa shape index (κ2) is 10.1. The summed E-state index contributed by atoms with van der Waals surface area (Å²) in [4.78, 5) is 11.4. The van der Waals surface area contributed by atoms with Crippen molar-refractivity contribution in [3.05, 3.63) is 54.1 Å². The van der Waals surface area contributed by atoms with Crippen LogP contribution in [0.3, 0.4) is 0 Å². The second-order valence-corrected chi connectivity index (χ2v) is 7.37. The average molecular weight is 429 g/mol. The number of rotatable bonds is 9. The lowest BCUT2D eigenvalue weighted by Crippen LogP contribution is -2.20. The van der Waals surface area contributed by atoms with Gasteiger partial charge in [0, 0.05) is 18.4 Å². The molecule has 0 aliphatic heterocycles. The number of aliphatic hydroxyl groups excluding tert-OH is 1. The molecule has 8 nitrogen and oxygen atoms in total. The number of ether oxygens (including phenoxy) is 3. The summed E-state index contributed by atoms with van der Waals surface area (Å²) in [5, 5.41) is 19.4. The molecule has 1 N–H and O–H groups in total. The molecule has 0 saturated carbocycles. The van der Waals surface area contributed by atoms with E-state index in [4.69, 9.17) is 9.47 Å². The van der Waals surface area contributed by atoms with Gasteiger partial charge < -0.3 is 23.9 Å². The van der Waals surface area contributed by atoms with E-state index < -0.39 is 12.1 Å². The lowest BCUT2D eigenvalue weighted by Gasteiger charge is -2.12. The van der Waals surface area contributed by atoms with E-state index in [1.54, 1.807) is 31.4 Å². The lowest BCUT2D eigenvalue weighted by molar-refractivity contribution is 0.0600. The molecule has 0 fully saturated rings. The molecule has 158 valence electrons. The van der Waals surface area contributed by atoms with Gasteiger partial charge in [-0.05, 0) is 48.5 Å². The summed E-state index contributed by atoms with van der Waals surface area (Å²) in [5.74, 6) is 2.06. The van der Waals surface area contributed by atoms with Crippen molar-refractivity contribution in [1.82, 2.24) is 14.8 Å². The predicted molar refractivity (Wildman–Crippen MR) is 113 cm³/mol. The van der Waals surface area contributed by atoms with Crippen molar-refractivity contribution in [2.45, 2.75) is 11.3 Å². The molecule has 0 saturated heterocycles. The quantitative estimate of drug-likeness (QED) is 0.410. The summed E-state index contributed by atoms with van der Waals surface area (Å²) < 4.78 is 17.3. The first kappa shape index (κ1) is 21.7. The molecular weight excluding hydrogens is 406 g/mol. The van der Waals surface area contributed by atoms with Gasteiger partial charge in [0.2, 0.25) is 0 Å². The Labute approximate surface area is 178 Å². The SMILES string of the molecule is COC(=O)c1ccc(OCC(O)CSc2nnc(-c3ccc(OC)cc3)n2C)cc1. The van der Waals surface area contributed by atoms with Crippen molar-refractivity contribution in [2.75, 3.05) is 26.6 Å². The van der Waals surface area contributed by atoms with Gasteiger partial charge in [0.25, 0.3) is 0 Å². The highest BCUT2D eigenvalue weighted by Crippen LogP contribution is 2.25. The Morgan fingerprint density at radius 1 is 1.07 bits per heavy atom. The van der Waals surface area contributed by atoms with Crippen LogP contribution in [0, 0.1) is 0 Å². The van der Waals surface area contributed by atoms with E-state index in [-0.39, 0.29) is 6.61 Å². The van der Waals surface area contributed by atoms with Gasteiger partial charge in [0.1, 0.15) is 18.1 Å². The Bertz CT molecular complexity index is 973. The summed E-state index contributed by atoms with van der Waals surface area (Å²) >= 11 is 1.40. The first-order chi connectivity index (χ1) is 14.5. The van der Waals surface area contributed by atoms with E-state index in [1.807, 2.05) is 35.9 Å². The number of methoxy groups -OCH3 is 2. The Hall–Kier alpha value is -3.04. The van der Waals surface area contributed by atoms with Crippen LogP contribution < -0.4 is 9.47 Å². The molecule has 1 atom stereocenters. The molecular formula is C21H23N3O5S. The van der Waals surface area contributed by atoms with Crippen molar-refractivity contribution < 1.29 is 24.1 Å². The minimum atomic E-state index is -0.698. The molecule has 1 unspecified atom stereocenters. The maximum Gasteiger partial charge on any atom is 0.337 e. The molecule has 30 heavy (non-hydrogen) atoms. The highest BCUT2D eigenvalue weighted by atomic mass is 32.2. The van der Waals surface area contributed by atoms with Gasteiger partial charge in [-0.1, -0.05) is 11.8 Å². The van der Waals surface area contributed by atoms with Gasteiger partial charge >= 0.3 is 5.97 Å². The maximum absolute atomic E-state index is 11.4. The topological polar surface area (TPSA) is 95.7 Å². The summed E-state index contributed by atoms with van der Waals surface area (Å²) in [5.41, 5.74) is 1.37. The third-order valence-electron chi connectivity index (χ3n) is 4.31. The van der Waals surface area contributed by atoms with Crippen LogP contribution in [0.25, 0.3) is 11.4 Å². The zero-order valence-electron chi connectivity index (χ0n) is 16.9. The third kappa shape index (κ3) is 5.31. The predicted octanol–water partition coefficient (Wildman–Crippen LogP) is 2.81. The van der Waals surface area contributed by atoms with Crippen LogP contribution in [0.2, 0.25) is 0 Å². The van der Waals surface area contributed by atoms with Gasteiger partial charge in [0.15, 0.2) is 11.0 Å². The molecule has 1 aromatic heterocycles. The standard InChI is InChI=1S/C21H23N3O5S/c1-24-19(14-4-8-17(27-2)9-5-14)22-23-21(24)30-13-16(25)12-29-18-10-6-15(7-11-18)20(26)28-3/h4-11,16,25H,12-13H2,1-3H3. The molecule has 2 aromatic carbocycles. The van der Waals surface area contributed by atoms with Gasteiger partial charge in [-0.2, -0.15) is 0 Å². The molecule has 0 aliphatic carbocycles. The van der Waals surface area contributed by atoms with Crippen LogP contribution in [0.1, 0.15) is 10.4 Å². The lowest BCUT2D eigenvalue weighted by atomic mass is 10.2. The molecule has 0 amide bonds. The van der Waals surface area contributed by atoms with E-state index in [9.17, 15) is 9.90 Å². The Morgan fingerprint density at radius 2 is 1.73 bits per heavy atom. The number of hydrogen-bond donors (Lipinski definition) is 1.